The van der Waals surface area contributed by atoms with E-state index in [0.717, 1.165) is 13.0 Å². The minimum absolute atomic E-state index is 0.310. The van der Waals surface area contributed by atoms with Gasteiger partial charge in [0.1, 0.15) is 6.04 Å². The lowest BCUT2D eigenvalue weighted by atomic mass is 9.92. The van der Waals surface area contributed by atoms with Crippen molar-refractivity contribution in [2.45, 2.75) is 45.3 Å². The van der Waals surface area contributed by atoms with Gasteiger partial charge < -0.3 is 5.11 Å². The number of nitrogens with zero attached hydrogens (tertiary/aromatic N) is 1. The standard InChI is InChI=1S/C14H19NO2/c1-3-10(2)15-9-12-7-5-4-6-11(12)8-13(15)14(16)17/h4-7,10,13H,3,8-9H2,1-2H3,(H,16,17)/t10?,13-/m0/s1. The summed E-state index contributed by atoms with van der Waals surface area (Å²) in [5.74, 6) is -0.709. The highest BCUT2D eigenvalue weighted by Crippen LogP contribution is 2.25. The molecule has 3 nitrogen and oxygen atoms in total. The molecule has 2 rings (SSSR count). The van der Waals surface area contributed by atoms with Crippen LogP contribution in [0.5, 0.6) is 0 Å². The highest BCUT2D eigenvalue weighted by molar-refractivity contribution is 5.74. The number of fused-ring (bicyclic) bond motifs is 1. The zero-order valence-electron chi connectivity index (χ0n) is 10.4. The average molecular weight is 233 g/mol. The summed E-state index contributed by atoms with van der Waals surface area (Å²) in [5.41, 5.74) is 2.45. The van der Waals surface area contributed by atoms with Crippen LogP contribution in [0.15, 0.2) is 24.3 Å². The number of carbonyl (C=O) groups is 1. The number of rotatable bonds is 3. The molecule has 0 aliphatic carbocycles. The summed E-state index contributed by atoms with van der Waals surface area (Å²) in [6, 6.07) is 8.08. The fourth-order valence-electron chi connectivity index (χ4n) is 2.47. The molecule has 2 atom stereocenters. The van der Waals surface area contributed by atoms with Crippen LogP contribution < -0.4 is 0 Å². The van der Waals surface area contributed by atoms with Crippen molar-refractivity contribution in [3.05, 3.63) is 35.4 Å². The molecular formula is C14H19NO2. The number of carboxylic acids is 1. The number of hydrogen-bond donors (Lipinski definition) is 1. The van der Waals surface area contributed by atoms with E-state index in [1.165, 1.54) is 11.1 Å². The van der Waals surface area contributed by atoms with Crippen molar-refractivity contribution in [2.75, 3.05) is 0 Å². The molecule has 1 unspecified atom stereocenters. The van der Waals surface area contributed by atoms with Crippen LogP contribution in [0.3, 0.4) is 0 Å². The first-order valence-electron chi connectivity index (χ1n) is 6.18. The Bertz CT molecular complexity index is 416. The van der Waals surface area contributed by atoms with Gasteiger partial charge in [0.25, 0.3) is 0 Å². The zero-order chi connectivity index (χ0) is 12.4. The molecule has 0 aromatic heterocycles. The molecule has 1 N–H and O–H groups in total. The van der Waals surface area contributed by atoms with E-state index in [0.29, 0.717) is 12.5 Å². The first-order chi connectivity index (χ1) is 8.13. The van der Waals surface area contributed by atoms with Gasteiger partial charge in [-0.25, -0.2) is 0 Å². The van der Waals surface area contributed by atoms with E-state index in [9.17, 15) is 9.90 Å². The molecule has 0 saturated heterocycles. The van der Waals surface area contributed by atoms with E-state index >= 15 is 0 Å². The molecule has 92 valence electrons. The summed E-state index contributed by atoms with van der Waals surface area (Å²) >= 11 is 0. The van der Waals surface area contributed by atoms with E-state index in [-0.39, 0.29) is 6.04 Å². The molecule has 1 aliphatic rings. The number of benzene rings is 1. The second-order valence-electron chi connectivity index (χ2n) is 4.76. The summed E-state index contributed by atoms with van der Waals surface area (Å²) in [5, 5.41) is 9.34. The summed E-state index contributed by atoms with van der Waals surface area (Å²) in [6.45, 7) is 4.95. The van der Waals surface area contributed by atoms with Crippen LogP contribution in [0.25, 0.3) is 0 Å². The number of hydrogen-bond acceptors (Lipinski definition) is 2. The second kappa shape index (κ2) is 4.88. The first-order valence-corrected chi connectivity index (χ1v) is 6.18. The van der Waals surface area contributed by atoms with Gasteiger partial charge in [-0.2, -0.15) is 0 Å². The molecular weight excluding hydrogens is 214 g/mol. The highest BCUT2D eigenvalue weighted by atomic mass is 16.4. The molecule has 17 heavy (non-hydrogen) atoms. The Balaban J connectivity index is 2.31. The third-order valence-corrected chi connectivity index (χ3v) is 3.73. The summed E-state index contributed by atoms with van der Waals surface area (Å²) in [4.78, 5) is 13.5. The first kappa shape index (κ1) is 12.1. The SMILES string of the molecule is CCC(C)N1Cc2ccccc2C[C@H]1C(=O)O. The van der Waals surface area contributed by atoms with Crippen molar-refractivity contribution in [1.82, 2.24) is 4.90 Å². The molecule has 0 amide bonds. The fraction of sp³-hybridized carbons (Fsp3) is 0.500. The molecule has 1 aromatic carbocycles. The van der Waals surface area contributed by atoms with Crippen LogP contribution in [0.4, 0.5) is 0 Å². The van der Waals surface area contributed by atoms with Gasteiger partial charge in [-0.3, -0.25) is 9.69 Å². The summed E-state index contributed by atoms with van der Waals surface area (Å²) < 4.78 is 0. The number of aliphatic carboxylic acids is 1. The van der Waals surface area contributed by atoms with Crippen molar-refractivity contribution < 1.29 is 9.90 Å². The molecule has 0 fully saturated rings. The Morgan fingerprint density at radius 2 is 2.12 bits per heavy atom. The van der Waals surface area contributed by atoms with Crippen LogP contribution in [0.1, 0.15) is 31.4 Å². The normalized spacial score (nSPS) is 21.9. The van der Waals surface area contributed by atoms with Crippen LogP contribution in [-0.4, -0.2) is 28.1 Å². The van der Waals surface area contributed by atoms with Crippen molar-refractivity contribution in [3.63, 3.8) is 0 Å². The topological polar surface area (TPSA) is 40.5 Å². The predicted molar refractivity (Wildman–Crippen MR) is 66.9 cm³/mol. The molecule has 0 radical (unpaired) electrons. The zero-order valence-corrected chi connectivity index (χ0v) is 10.4. The van der Waals surface area contributed by atoms with Crippen LogP contribution in [0, 0.1) is 0 Å². The van der Waals surface area contributed by atoms with E-state index < -0.39 is 5.97 Å². The highest BCUT2D eigenvalue weighted by Gasteiger charge is 2.33. The lowest BCUT2D eigenvalue weighted by molar-refractivity contribution is -0.145. The Morgan fingerprint density at radius 1 is 1.47 bits per heavy atom. The largest absolute Gasteiger partial charge is 0.480 e. The molecule has 1 aliphatic heterocycles. The van der Waals surface area contributed by atoms with Crippen LogP contribution in [-0.2, 0) is 17.8 Å². The van der Waals surface area contributed by atoms with Crippen molar-refractivity contribution in [3.8, 4) is 0 Å². The maximum Gasteiger partial charge on any atom is 0.321 e. The third-order valence-electron chi connectivity index (χ3n) is 3.73. The number of carboxylic acid groups (broad SMARTS) is 1. The summed E-state index contributed by atoms with van der Waals surface area (Å²) in [7, 11) is 0. The van der Waals surface area contributed by atoms with E-state index in [2.05, 4.69) is 24.8 Å². The second-order valence-corrected chi connectivity index (χ2v) is 4.76. The van der Waals surface area contributed by atoms with Gasteiger partial charge in [-0.15, -0.1) is 0 Å². The Labute approximate surface area is 102 Å². The average Bonchev–Trinajstić information content (AvgIpc) is 2.36. The Kier molecular flexibility index (Phi) is 3.48. The fourth-order valence-corrected chi connectivity index (χ4v) is 2.47. The lowest BCUT2D eigenvalue weighted by Gasteiger charge is -2.38. The minimum atomic E-state index is -0.709. The lowest BCUT2D eigenvalue weighted by Crippen LogP contribution is -2.49. The van der Waals surface area contributed by atoms with Crippen molar-refractivity contribution in [2.24, 2.45) is 0 Å². The molecule has 3 heteroatoms. The predicted octanol–water partition coefficient (Wildman–Crippen LogP) is 2.30. The smallest absolute Gasteiger partial charge is 0.321 e. The minimum Gasteiger partial charge on any atom is -0.480 e. The molecule has 1 aromatic rings. The van der Waals surface area contributed by atoms with Gasteiger partial charge in [0, 0.05) is 12.6 Å². The van der Waals surface area contributed by atoms with Crippen molar-refractivity contribution >= 4 is 5.97 Å². The Morgan fingerprint density at radius 3 is 2.71 bits per heavy atom. The Hall–Kier alpha value is -1.35. The summed E-state index contributed by atoms with van der Waals surface area (Å²) in [6.07, 6.45) is 1.60. The van der Waals surface area contributed by atoms with Gasteiger partial charge in [0.15, 0.2) is 0 Å². The monoisotopic (exact) mass is 233 g/mol. The molecule has 0 bridgehead atoms. The van der Waals surface area contributed by atoms with E-state index in [1.54, 1.807) is 0 Å². The van der Waals surface area contributed by atoms with Gasteiger partial charge >= 0.3 is 5.97 Å². The van der Waals surface area contributed by atoms with Crippen LogP contribution in [0.2, 0.25) is 0 Å². The van der Waals surface area contributed by atoms with Gasteiger partial charge in [0.05, 0.1) is 0 Å². The van der Waals surface area contributed by atoms with Crippen molar-refractivity contribution in [1.29, 1.82) is 0 Å². The van der Waals surface area contributed by atoms with Gasteiger partial charge in [-0.1, -0.05) is 31.2 Å². The quantitative estimate of drug-likeness (QED) is 0.870. The van der Waals surface area contributed by atoms with E-state index in [1.807, 2.05) is 18.2 Å². The molecule has 0 saturated carbocycles. The van der Waals surface area contributed by atoms with Crippen LogP contribution >= 0.6 is 0 Å². The molecule has 1 heterocycles. The van der Waals surface area contributed by atoms with E-state index in [4.69, 9.17) is 0 Å². The van der Waals surface area contributed by atoms with Gasteiger partial charge in [-0.05, 0) is 30.9 Å². The van der Waals surface area contributed by atoms with Gasteiger partial charge in [0.2, 0.25) is 0 Å². The third kappa shape index (κ3) is 2.34. The maximum absolute atomic E-state index is 11.4. The maximum atomic E-state index is 11.4. The molecule has 0 spiro atoms.